The molecular formula is C22H22N2O2S. The summed E-state index contributed by atoms with van der Waals surface area (Å²) in [5, 5.41) is 2.11. The van der Waals surface area contributed by atoms with Gasteiger partial charge in [0.05, 0.1) is 24.8 Å². The van der Waals surface area contributed by atoms with Crippen molar-refractivity contribution in [3.63, 3.8) is 0 Å². The van der Waals surface area contributed by atoms with Crippen molar-refractivity contribution in [3.8, 4) is 11.5 Å². The van der Waals surface area contributed by atoms with Crippen LogP contribution in [-0.4, -0.2) is 23.3 Å². The maximum absolute atomic E-state index is 5.93. The average molecular weight is 378 g/mol. The number of benzene rings is 2. The van der Waals surface area contributed by atoms with Gasteiger partial charge in [-0.1, -0.05) is 30.3 Å². The van der Waals surface area contributed by atoms with E-state index in [4.69, 9.17) is 14.5 Å². The van der Waals surface area contributed by atoms with Gasteiger partial charge in [0.25, 0.3) is 0 Å². The fourth-order valence-electron chi connectivity index (χ4n) is 3.22. The molecule has 27 heavy (non-hydrogen) atoms. The number of nitrogens with zero attached hydrogens (tertiary/aromatic N) is 2. The van der Waals surface area contributed by atoms with Crippen molar-refractivity contribution < 1.29 is 9.47 Å². The zero-order valence-corrected chi connectivity index (χ0v) is 16.1. The van der Waals surface area contributed by atoms with E-state index in [1.54, 1.807) is 18.4 Å². The minimum Gasteiger partial charge on any atom is -0.493 e. The Morgan fingerprint density at radius 3 is 2.59 bits per heavy atom. The summed E-state index contributed by atoms with van der Waals surface area (Å²) in [7, 11) is 1.66. The molecule has 2 aromatic heterocycles. The Morgan fingerprint density at radius 2 is 1.78 bits per heavy atom. The van der Waals surface area contributed by atoms with Gasteiger partial charge in [0.1, 0.15) is 5.82 Å². The van der Waals surface area contributed by atoms with E-state index in [1.165, 1.54) is 10.4 Å². The number of thiophene rings is 1. The fourth-order valence-corrected chi connectivity index (χ4v) is 3.92. The standard InChI is InChI=1S/C22H22N2O2S/c1-25-20-11-4-5-12-21(20)26-14-7-13-24-19-10-3-2-9-18(19)23-22(24)16-17-8-6-15-27-17/h2-6,8-12,15H,7,13-14,16H2,1H3. The lowest BCUT2D eigenvalue weighted by molar-refractivity contribution is 0.283. The SMILES string of the molecule is COc1ccccc1OCCCn1c(Cc2cccs2)nc2ccccc21. The zero-order chi connectivity index (χ0) is 18.5. The Balaban J connectivity index is 1.47. The smallest absolute Gasteiger partial charge is 0.161 e. The van der Waals surface area contributed by atoms with E-state index in [9.17, 15) is 0 Å². The lowest BCUT2D eigenvalue weighted by atomic mass is 10.3. The second-order valence-electron chi connectivity index (χ2n) is 6.28. The molecule has 2 aromatic carbocycles. The lowest BCUT2D eigenvalue weighted by Gasteiger charge is -2.12. The molecule has 0 fully saturated rings. The highest BCUT2D eigenvalue weighted by molar-refractivity contribution is 7.09. The van der Waals surface area contributed by atoms with Crippen LogP contribution in [0, 0.1) is 0 Å². The normalized spacial score (nSPS) is 11.0. The number of methoxy groups -OCH3 is 1. The molecule has 0 aliphatic carbocycles. The number of aryl methyl sites for hydroxylation is 1. The van der Waals surface area contributed by atoms with Gasteiger partial charge in [-0.15, -0.1) is 11.3 Å². The first-order valence-electron chi connectivity index (χ1n) is 9.07. The molecule has 0 saturated heterocycles. The third-order valence-electron chi connectivity index (χ3n) is 4.50. The first kappa shape index (κ1) is 17.6. The molecule has 138 valence electrons. The highest BCUT2D eigenvalue weighted by Crippen LogP contribution is 2.26. The summed E-state index contributed by atoms with van der Waals surface area (Å²) in [6.07, 6.45) is 1.76. The molecule has 0 bridgehead atoms. The Morgan fingerprint density at radius 1 is 0.963 bits per heavy atom. The number of aromatic nitrogens is 2. The van der Waals surface area contributed by atoms with Crippen LogP contribution in [0.3, 0.4) is 0 Å². The summed E-state index contributed by atoms with van der Waals surface area (Å²) in [5.41, 5.74) is 2.23. The maximum atomic E-state index is 5.93. The molecule has 0 unspecified atom stereocenters. The molecule has 4 aromatic rings. The van der Waals surface area contributed by atoms with Crippen molar-refractivity contribution in [1.82, 2.24) is 9.55 Å². The third-order valence-corrected chi connectivity index (χ3v) is 5.38. The van der Waals surface area contributed by atoms with Gasteiger partial charge >= 0.3 is 0 Å². The van der Waals surface area contributed by atoms with Crippen molar-refractivity contribution >= 4 is 22.4 Å². The fraction of sp³-hybridized carbons (Fsp3) is 0.227. The van der Waals surface area contributed by atoms with E-state index in [2.05, 4.69) is 40.3 Å². The van der Waals surface area contributed by atoms with Crippen LogP contribution in [0.15, 0.2) is 66.0 Å². The Bertz CT molecular complexity index is 1010. The Labute approximate surface area is 163 Å². The van der Waals surface area contributed by atoms with Gasteiger partial charge in [-0.2, -0.15) is 0 Å². The lowest BCUT2D eigenvalue weighted by Crippen LogP contribution is -2.08. The number of imidazole rings is 1. The minimum absolute atomic E-state index is 0.630. The van der Waals surface area contributed by atoms with E-state index < -0.39 is 0 Å². The number of fused-ring (bicyclic) bond motifs is 1. The molecular weight excluding hydrogens is 356 g/mol. The number of para-hydroxylation sites is 4. The van der Waals surface area contributed by atoms with E-state index in [1.807, 2.05) is 30.3 Å². The van der Waals surface area contributed by atoms with Crippen molar-refractivity contribution in [3.05, 3.63) is 76.7 Å². The molecule has 0 radical (unpaired) electrons. The predicted octanol–water partition coefficient (Wildman–Crippen LogP) is 5.17. The summed E-state index contributed by atoms with van der Waals surface area (Å²) < 4.78 is 13.6. The van der Waals surface area contributed by atoms with Crippen LogP contribution in [0.4, 0.5) is 0 Å². The first-order chi connectivity index (χ1) is 13.3. The molecule has 0 aliphatic rings. The van der Waals surface area contributed by atoms with Crippen molar-refractivity contribution in [2.45, 2.75) is 19.4 Å². The van der Waals surface area contributed by atoms with Gasteiger partial charge in [-0.25, -0.2) is 4.98 Å². The molecule has 0 spiro atoms. The molecule has 0 saturated carbocycles. The Kier molecular flexibility index (Phi) is 5.39. The molecule has 0 aliphatic heterocycles. The van der Waals surface area contributed by atoms with Gasteiger partial charge in [0.15, 0.2) is 11.5 Å². The second-order valence-corrected chi connectivity index (χ2v) is 7.31. The molecule has 0 amide bonds. The van der Waals surface area contributed by atoms with Crippen LogP contribution in [-0.2, 0) is 13.0 Å². The molecule has 4 rings (SSSR count). The summed E-state index contributed by atoms with van der Waals surface area (Å²) in [6.45, 7) is 1.50. The van der Waals surface area contributed by atoms with Gasteiger partial charge < -0.3 is 14.0 Å². The largest absolute Gasteiger partial charge is 0.493 e. The summed E-state index contributed by atoms with van der Waals surface area (Å²) in [6, 6.07) is 20.3. The van der Waals surface area contributed by atoms with Crippen LogP contribution in [0.25, 0.3) is 11.0 Å². The van der Waals surface area contributed by atoms with E-state index in [0.29, 0.717) is 6.61 Å². The van der Waals surface area contributed by atoms with Gasteiger partial charge in [-0.3, -0.25) is 0 Å². The molecule has 2 heterocycles. The van der Waals surface area contributed by atoms with Crippen molar-refractivity contribution in [2.75, 3.05) is 13.7 Å². The summed E-state index contributed by atoms with van der Waals surface area (Å²) >= 11 is 1.77. The first-order valence-corrected chi connectivity index (χ1v) is 9.95. The van der Waals surface area contributed by atoms with Crippen molar-refractivity contribution in [1.29, 1.82) is 0 Å². The molecule has 0 atom stereocenters. The van der Waals surface area contributed by atoms with E-state index in [0.717, 1.165) is 42.2 Å². The van der Waals surface area contributed by atoms with E-state index >= 15 is 0 Å². The number of hydrogen-bond donors (Lipinski definition) is 0. The third kappa shape index (κ3) is 3.98. The number of hydrogen-bond acceptors (Lipinski definition) is 4. The maximum Gasteiger partial charge on any atom is 0.161 e. The molecule has 0 N–H and O–H groups in total. The average Bonchev–Trinajstić information content (AvgIpc) is 3.33. The summed E-state index contributed by atoms with van der Waals surface area (Å²) in [5.74, 6) is 2.66. The van der Waals surface area contributed by atoms with Gasteiger partial charge in [0, 0.05) is 17.8 Å². The van der Waals surface area contributed by atoms with Gasteiger partial charge in [0.2, 0.25) is 0 Å². The van der Waals surface area contributed by atoms with E-state index in [-0.39, 0.29) is 0 Å². The number of rotatable bonds is 8. The highest BCUT2D eigenvalue weighted by atomic mass is 32.1. The molecule has 4 nitrogen and oxygen atoms in total. The van der Waals surface area contributed by atoms with Crippen LogP contribution in [0.1, 0.15) is 17.1 Å². The van der Waals surface area contributed by atoms with Crippen LogP contribution < -0.4 is 9.47 Å². The zero-order valence-electron chi connectivity index (χ0n) is 15.3. The van der Waals surface area contributed by atoms with Crippen molar-refractivity contribution in [2.24, 2.45) is 0 Å². The topological polar surface area (TPSA) is 36.3 Å². The van der Waals surface area contributed by atoms with Gasteiger partial charge in [-0.05, 0) is 42.1 Å². The Hall–Kier alpha value is -2.79. The molecule has 5 heteroatoms. The number of ether oxygens (including phenoxy) is 2. The summed E-state index contributed by atoms with van der Waals surface area (Å²) in [4.78, 5) is 6.19. The van der Waals surface area contributed by atoms with Crippen LogP contribution in [0.2, 0.25) is 0 Å². The quantitative estimate of drug-likeness (QED) is 0.397. The minimum atomic E-state index is 0.630. The van der Waals surface area contributed by atoms with Crippen LogP contribution >= 0.6 is 11.3 Å². The predicted molar refractivity (Wildman–Crippen MR) is 110 cm³/mol. The van der Waals surface area contributed by atoms with Crippen LogP contribution in [0.5, 0.6) is 11.5 Å². The monoisotopic (exact) mass is 378 g/mol. The highest BCUT2D eigenvalue weighted by Gasteiger charge is 2.11. The second kappa shape index (κ2) is 8.27.